The molecule has 0 amide bonds. The molecule has 0 rings (SSSR count). The molecule has 414 valence electrons. The molecule has 0 saturated heterocycles. The minimum atomic E-state index is -4.76. The standard InChI is InChI=1S/C60H103O11P/c1-4-7-10-13-16-19-22-25-26-27-28-29-30-33-34-37-40-43-46-49-58(62)67-53-57(71-60(64)51-48-45-42-39-36-32-24-21-18-15-12-9-6-3)55-69-72(65,66)68-54-56(52-61)70-59(63)50-47-44-41-38-35-31-23-20-17-14-11-8-5-2/h9,11-12,14,16,18-21,23,25-26,32,36,56-57,61H,4-8,10,13,15,17,22,24,27-31,33-35,37-55H2,1-3H3,(H,65,66)/b12-9-,14-11-,19-16-,21-18-,23-20-,26-25-,36-32-. The van der Waals surface area contributed by atoms with Crippen LogP contribution in [0.4, 0.5) is 0 Å². The van der Waals surface area contributed by atoms with Crippen LogP contribution in [-0.4, -0.2) is 66.5 Å². The summed E-state index contributed by atoms with van der Waals surface area (Å²) in [6.45, 7) is 4.38. The fourth-order valence-corrected chi connectivity index (χ4v) is 8.22. The highest BCUT2D eigenvalue weighted by atomic mass is 31.2. The summed E-state index contributed by atoms with van der Waals surface area (Å²) in [5.74, 6) is -1.52. The average molecular weight is 1030 g/mol. The van der Waals surface area contributed by atoms with Crippen LogP contribution in [0, 0.1) is 0 Å². The SMILES string of the molecule is CC/C=C\C/C=C\C/C=C\CCCCCC(=O)OC(COC(=O)CCCCCCCCCCC/C=C\C/C=C\CCCCC)COP(=O)(O)OCC(CO)OC(=O)CCCCCCC/C=C\C/C=C\CCC. The third kappa shape index (κ3) is 51.6. The van der Waals surface area contributed by atoms with E-state index < -0.39 is 57.8 Å². The summed E-state index contributed by atoms with van der Waals surface area (Å²) >= 11 is 0. The molecule has 0 radical (unpaired) electrons. The van der Waals surface area contributed by atoms with Gasteiger partial charge in [0, 0.05) is 19.3 Å². The predicted octanol–water partition coefficient (Wildman–Crippen LogP) is 16.7. The minimum absolute atomic E-state index is 0.128. The molecule has 0 aliphatic heterocycles. The number of aliphatic hydroxyl groups excluding tert-OH is 1. The van der Waals surface area contributed by atoms with Crippen molar-refractivity contribution in [1.82, 2.24) is 0 Å². The van der Waals surface area contributed by atoms with Gasteiger partial charge in [0.1, 0.15) is 12.7 Å². The third-order valence-corrected chi connectivity index (χ3v) is 12.7. The maximum atomic E-state index is 12.9. The van der Waals surface area contributed by atoms with E-state index in [1.54, 1.807) is 0 Å². The second-order valence-corrected chi connectivity index (χ2v) is 20.2. The van der Waals surface area contributed by atoms with Gasteiger partial charge in [0.15, 0.2) is 6.10 Å². The lowest BCUT2D eigenvalue weighted by molar-refractivity contribution is -0.161. The van der Waals surface area contributed by atoms with Crippen molar-refractivity contribution in [2.45, 2.75) is 251 Å². The summed E-state index contributed by atoms with van der Waals surface area (Å²) in [5.41, 5.74) is 0. The molecule has 0 bridgehead atoms. The summed E-state index contributed by atoms with van der Waals surface area (Å²) in [6.07, 6.45) is 61.2. The van der Waals surface area contributed by atoms with Crippen molar-refractivity contribution in [1.29, 1.82) is 0 Å². The molecule has 2 N–H and O–H groups in total. The fraction of sp³-hybridized carbons (Fsp3) is 0.717. The first-order valence-electron chi connectivity index (χ1n) is 28.5. The average Bonchev–Trinajstić information content (AvgIpc) is 3.37. The van der Waals surface area contributed by atoms with E-state index >= 15 is 0 Å². The maximum Gasteiger partial charge on any atom is 0.472 e. The molecule has 0 aromatic carbocycles. The summed E-state index contributed by atoms with van der Waals surface area (Å²) in [6, 6.07) is 0. The van der Waals surface area contributed by atoms with Crippen LogP contribution in [0.2, 0.25) is 0 Å². The zero-order chi connectivity index (χ0) is 52.7. The Bertz CT molecular complexity index is 1530. The topological polar surface area (TPSA) is 155 Å². The van der Waals surface area contributed by atoms with Gasteiger partial charge in [-0.1, -0.05) is 196 Å². The van der Waals surface area contributed by atoms with Crippen LogP contribution in [0.3, 0.4) is 0 Å². The first kappa shape index (κ1) is 68.7. The van der Waals surface area contributed by atoms with Gasteiger partial charge in [0.05, 0.1) is 19.8 Å². The van der Waals surface area contributed by atoms with Crippen molar-refractivity contribution in [3.8, 4) is 0 Å². The molecule has 12 heteroatoms. The molecule has 0 heterocycles. The third-order valence-electron chi connectivity index (χ3n) is 11.8. The molecule has 72 heavy (non-hydrogen) atoms. The number of rotatable bonds is 52. The van der Waals surface area contributed by atoms with Crippen LogP contribution in [0.25, 0.3) is 0 Å². The highest BCUT2D eigenvalue weighted by Gasteiger charge is 2.28. The molecule has 0 aliphatic rings. The smallest absolute Gasteiger partial charge is 0.462 e. The monoisotopic (exact) mass is 1030 g/mol. The number of hydrogen-bond donors (Lipinski definition) is 2. The second kappa shape index (κ2) is 53.9. The minimum Gasteiger partial charge on any atom is -0.462 e. The van der Waals surface area contributed by atoms with E-state index in [2.05, 4.69) is 106 Å². The molecular weight excluding hydrogens is 928 g/mol. The van der Waals surface area contributed by atoms with Crippen LogP contribution in [0.1, 0.15) is 239 Å². The van der Waals surface area contributed by atoms with Crippen LogP contribution >= 0.6 is 7.82 Å². The van der Waals surface area contributed by atoms with Gasteiger partial charge in [0.2, 0.25) is 0 Å². The first-order chi connectivity index (χ1) is 35.2. The Morgan fingerprint density at radius 2 is 0.750 bits per heavy atom. The number of carbonyl (C=O) groups is 3. The van der Waals surface area contributed by atoms with Crippen LogP contribution in [0.5, 0.6) is 0 Å². The Balaban J connectivity index is 4.74. The summed E-state index contributed by atoms with van der Waals surface area (Å²) in [5, 5.41) is 9.79. The molecule has 0 spiro atoms. The van der Waals surface area contributed by atoms with Gasteiger partial charge in [-0.2, -0.15) is 0 Å². The zero-order valence-corrected chi connectivity index (χ0v) is 46.5. The lowest BCUT2D eigenvalue weighted by atomic mass is 10.1. The molecule has 3 unspecified atom stereocenters. The van der Waals surface area contributed by atoms with Crippen LogP contribution in [-0.2, 0) is 42.2 Å². The van der Waals surface area contributed by atoms with Gasteiger partial charge in [-0.05, 0) is 109 Å². The van der Waals surface area contributed by atoms with Crippen molar-refractivity contribution in [2.24, 2.45) is 0 Å². The number of phosphoric acid groups is 1. The van der Waals surface area contributed by atoms with Crippen molar-refractivity contribution >= 4 is 25.7 Å². The molecule has 0 fully saturated rings. The summed E-state index contributed by atoms with van der Waals surface area (Å²) in [7, 11) is -4.76. The van der Waals surface area contributed by atoms with Gasteiger partial charge >= 0.3 is 25.7 Å². The lowest BCUT2D eigenvalue weighted by Crippen LogP contribution is -2.30. The molecule has 0 aromatic rings. The Hall–Kier alpha value is -3.34. The number of phosphoric ester groups is 1. The van der Waals surface area contributed by atoms with E-state index in [0.29, 0.717) is 19.3 Å². The fourth-order valence-electron chi connectivity index (χ4n) is 7.44. The van der Waals surface area contributed by atoms with Crippen LogP contribution < -0.4 is 0 Å². The molecule has 0 aromatic heterocycles. The van der Waals surface area contributed by atoms with Gasteiger partial charge < -0.3 is 24.2 Å². The number of esters is 3. The van der Waals surface area contributed by atoms with E-state index in [1.165, 1.54) is 57.8 Å². The molecule has 0 aliphatic carbocycles. The summed E-state index contributed by atoms with van der Waals surface area (Å²) in [4.78, 5) is 48.5. The number of allylic oxidation sites excluding steroid dienone is 14. The maximum absolute atomic E-state index is 12.9. The van der Waals surface area contributed by atoms with Gasteiger partial charge in [0.25, 0.3) is 0 Å². The predicted molar refractivity (Wildman–Crippen MR) is 298 cm³/mol. The molecule has 3 atom stereocenters. The van der Waals surface area contributed by atoms with E-state index in [-0.39, 0.29) is 25.9 Å². The second-order valence-electron chi connectivity index (χ2n) is 18.7. The van der Waals surface area contributed by atoms with Crippen molar-refractivity contribution in [3.05, 3.63) is 85.1 Å². The van der Waals surface area contributed by atoms with E-state index in [9.17, 15) is 28.9 Å². The van der Waals surface area contributed by atoms with Gasteiger partial charge in [-0.3, -0.25) is 23.4 Å². The zero-order valence-electron chi connectivity index (χ0n) is 45.6. The molecule has 11 nitrogen and oxygen atoms in total. The van der Waals surface area contributed by atoms with Crippen LogP contribution in [0.15, 0.2) is 85.1 Å². The van der Waals surface area contributed by atoms with E-state index in [4.69, 9.17) is 23.3 Å². The van der Waals surface area contributed by atoms with Crippen molar-refractivity contribution < 1.29 is 52.2 Å². The highest BCUT2D eigenvalue weighted by molar-refractivity contribution is 7.47. The Labute approximate surface area is 439 Å². The van der Waals surface area contributed by atoms with E-state index in [1.807, 2.05) is 0 Å². The summed E-state index contributed by atoms with van der Waals surface area (Å²) < 4.78 is 39.4. The first-order valence-corrected chi connectivity index (χ1v) is 30.0. The molecule has 0 saturated carbocycles. The Morgan fingerprint density at radius 1 is 0.403 bits per heavy atom. The highest BCUT2D eigenvalue weighted by Crippen LogP contribution is 2.43. The van der Waals surface area contributed by atoms with E-state index in [0.717, 1.165) is 122 Å². The van der Waals surface area contributed by atoms with Crippen molar-refractivity contribution in [3.63, 3.8) is 0 Å². The quantitative estimate of drug-likeness (QED) is 0.0197. The Kier molecular flexibility index (Phi) is 51.4. The van der Waals surface area contributed by atoms with Gasteiger partial charge in [-0.25, -0.2) is 4.57 Å². The number of carbonyl (C=O) groups excluding carboxylic acids is 3. The van der Waals surface area contributed by atoms with Crippen molar-refractivity contribution in [2.75, 3.05) is 26.4 Å². The Morgan fingerprint density at radius 3 is 1.18 bits per heavy atom. The number of aliphatic hydroxyl groups is 1. The lowest BCUT2D eigenvalue weighted by Gasteiger charge is -2.21. The molecular formula is C60H103O11P. The number of ether oxygens (including phenoxy) is 3. The normalized spacial score (nSPS) is 14.0. The largest absolute Gasteiger partial charge is 0.472 e. The number of unbranched alkanes of at least 4 members (excludes halogenated alkanes) is 21. The van der Waals surface area contributed by atoms with Gasteiger partial charge in [-0.15, -0.1) is 0 Å². The number of hydrogen-bond acceptors (Lipinski definition) is 10.